The summed E-state index contributed by atoms with van der Waals surface area (Å²) in [5.74, 6) is -0.0208. The maximum absolute atomic E-state index is 12.6. The smallest absolute Gasteiger partial charge is 0.126 e. The molecule has 0 bridgehead atoms. The zero-order valence-electron chi connectivity index (χ0n) is 5.14. The van der Waals surface area contributed by atoms with Crippen molar-refractivity contribution in [1.82, 2.24) is 0 Å². The summed E-state index contributed by atoms with van der Waals surface area (Å²) >= 11 is 5.51. The molecule has 0 aromatic carbocycles. The van der Waals surface area contributed by atoms with Crippen LogP contribution in [0.3, 0.4) is 0 Å². The lowest BCUT2D eigenvalue weighted by Crippen LogP contribution is -2.09. The molecule has 0 amide bonds. The van der Waals surface area contributed by atoms with Crippen LogP contribution in [-0.4, -0.2) is 6.17 Å². The van der Waals surface area contributed by atoms with E-state index in [2.05, 4.69) is 0 Å². The van der Waals surface area contributed by atoms with Crippen molar-refractivity contribution >= 4 is 11.6 Å². The normalized spacial score (nSPS) is 34.3. The van der Waals surface area contributed by atoms with E-state index in [9.17, 15) is 4.39 Å². The summed E-state index contributed by atoms with van der Waals surface area (Å²) in [6, 6.07) is 0. The van der Waals surface area contributed by atoms with Gasteiger partial charge in [0.05, 0.1) is 0 Å². The third-order valence-corrected chi connectivity index (χ3v) is 1.63. The zero-order chi connectivity index (χ0) is 6.85. The van der Waals surface area contributed by atoms with Gasteiger partial charge in [-0.1, -0.05) is 24.6 Å². The molecule has 1 aliphatic rings. The van der Waals surface area contributed by atoms with Crippen LogP contribution in [0.4, 0.5) is 4.39 Å². The Morgan fingerprint density at radius 3 is 2.78 bits per heavy atom. The van der Waals surface area contributed by atoms with E-state index >= 15 is 0 Å². The molecule has 0 saturated heterocycles. The van der Waals surface area contributed by atoms with Gasteiger partial charge in [0.25, 0.3) is 0 Å². The Morgan fingerprint density at radius 1 is 1.67 bits per heavy atom. The molecule has 0 saturated carbocycles. The Labute approximate surface area is 59.0 Å². The summed E-state index contributed by atoms with van der Waals surface area (Å²) in [5.41, 5.74) is 0. The molecule has 0 aromatic rings. The molecule has 0 spiro atoms. The van der Waals surface area contributed by atoms with E-state index in [1.807, 2.05) is 6.92 Å². The Kier molecular flexibility index (Phi) is 1.91. The van der Waals surface area contributed by atoms with Gasteiger partial charge < -0.3 is 0 Å². The monoisotopic (exact) mass is 146 g/mol. The van der Waals surface area contributed by atoms with Crippen molar-refractivity contribution in [2.45, 2.75) is 13.1 Å². The molecule has 0 aromatic heterocycles. The quantitative estimate of drug-likeness (QED) is 0.493. The van der Waals surface area contributed by atoms with Crippen molar-refractivity contribution < 1.29 is 4.39 Å². The zero-order valence-corrected chi connectivity index (χ0v) is 5.90. The van der Waals surface area contributed by atoms with E-state index in [0.29, 0.717) is 5.03 Å². The highest BCUT2D eigenvalue weighted by molar-refractivity contribution is 6.31. The number of hydrogen-bond acceptors (Lipinski definition) is 0. The van der Waals surface area contributed by atoms with Crippen molar-refractivity contribution in [1.29, 1.82) is 0 Å². The van der Waals surface area contributed by atoms with Gasteiger partial charge in [0.15, 0.2) is 0 Å². The van der Waals surface area contributed by atoms with Crippen LogP contribution in [0.25, 0.3) is 0 Å². The molecule has 0 N–H and O–H groups in total. The second-order valence-corrected chi connectivity index (χ2v) is 2.65. The Hall–Kier alpha value is -0.300. The summed E-state index contributed by atoms with van der Waals surface area (Å²) in [7, 11) is 0. The molecule has 0 heterocycles. The summed E-state index contributed by atoms with van der Waals surface area (Å²) in [6.45, 7) is 1.82. The highest BCUT2D eigenvalue weighted by atomic mass is 35.5. The summed E-state index contributed by atoms with van der Waals surface area (Å²) in [4.78, 5) is 0. The van der Waals surface area contributed by atoms with Gasteiger partial charge in [0, 0.05) is 11.0 Å². The summed E-state index contributed by atoms with van der Waals surface area (Å²) in [5, 5.41) is 0.501. The van der Waals surface area contributed by atoms with Crippen LogP contribution < -0.4 is 0 Å². The van der Waals surface area contributed by atoms with Crippen LogP contribution in [0.15, 0.2) is 23.3 Å². The highest BCUT2D eigenvalue weighted by Crippen LogP contribution is 2.20. The largest absolute Gasteiger partial charge is 0.242 e. The van der Waals surface area contributed by atoms with Crippen LogP contribution >= 0.6 is 11.6 Å². The molecule has 2 unspecified atom stereocenters. The minimum Gasteiger partial charge on any atom is -0.242 e. The molecule has 0 nitrogen and oxygen atoms in total. The maximum Gasteiger partial charge on any atom is 0.126 e. The third kappa shape index (κ3) is 1.55. The lowest BCUT2D eigenvalue weighted by Gasteiger charge is -2.12. The molecular weight excluding hydrogens is 139 g/mol. The van der Waals surface area contributed by atoms with Crippen molar-refractivity contribution in [3.63, 3.8) is 0 Å². The van der Waals surface area contributed by atoms with E-state index in [0.717, 1.165) is 0 Å². The third-order valence-electron chi connectivity index (χ3n) is 1.38. The number of halogens is 2. The van der Waals surface area contributed by atoms with Crippen LogP contribution in [0.5, 0.6) is 0 Å². The van der Waals surface area contributed by atoms with Crippen LogP contribution in [0, 0.1) is 5.92 Å². The van der Waals surface area contributed by atoms with Gasteiger partial charge >= 0.3 is 0 Å². The van der Waals surface area contributed by atoms with Gasteiger partial charge in [0.2, 0.25) is 0 Å². The minimum absolute atomic E-state index is 0.0208. The molecule has 2 atom stereocenters. The molecule has 1 rings (SSSR count). The second kappa shape index (κ2) is 2.53. The topological polar surface area (TPSA) is 0 Å². The lowest BCUT2D eigenvalue weighted by atomic mass is 10.0. The average Bonchev–Trinajstić information content (AvgIpc) is 1.80. The summed E-state index contributed by atoms with van der Waals surface area (Å²) in [6.07, 6.45) is 4.02. The first-order chi connectivity index (χ1) is 4.20. The van der Waals surface area contributed by atoms with E-state index in [4.69, 9.17) is 11.6 Å². The minimum atomic E-state index is -0.900. The molecule has 2 heteroatoms. The fraction of sp³-hybridized carbons (Fsp3) is 0.429. The molecule has 50 valence electrons. The Balaban J connectivity index is 2.70. The Morgan fingerprint density at radius 2 is 2.33 bits per heavy atom. The van der Waals surface area contributed by atoms with Crippen LogP contribution in [-0.2, 0) is 0 Å². The van der Waals surface area contributed by atoms with Crippen molar-refractivity contribution in [2.75, 3.05) is 0 Å². The highest BCUT2D eigenvalue weighted by Gasteiger charge is 2.13. The van der Waals surface area contributed by atoms with Crippen LogP contribution in [0.1, 0.15) is 6.92 Å². The number of allylic oxidation sites excluding steroid dienone is 4. The van der Waals surface area contributed by atoms with Gasteiger partial charge in [-0.3, -0.25) is 0 Å². The standard InChI is InChI=1S/C7H8ClF/c1-5-2-3-6(8)4-7(5)9/h2-5,7H,1H3. The van der Waals surface area contributed by atoms with Crippen molar-refractivity contribution in [3.05, 3.63) is 23.3 Å². The van der Waals surface area contributed by atoms with Crippen molar-refractivity contribution in [2.24, 2.45) is 5.92 Å². The first-order valence-corrected chi connectivity index (χ1v) is 3.27. The van der Waals surface area contributed by atoms with Gasteiger partial charge in [0.1, 0.15) is 6.17 Å². The number of alkyl halides is 1. The molecular formula is C7H8ClF. The van der Waals surface area contributed by atoms with E-state index in [1.54, 1.807) is 12.2 Å². The van der Waals surface area contributed by atoms with E-state index < -0.39 is 6.17 Å². The van der Waals surface area contributed by atoms with E-state index in [1.165, 1.54) is 6.08 Å². The first-order valence-electron chi connectivity index (χ1n) is 2.90. The predicted molar refractivity (Wildman–Crippen MR) is 37.1 cm³/mol. The maximum atomic E-state index is 12.6. The molecule has 0 fully saturated rings. The molecule has 0 aliphatic heterocycles. The Bertz CT molecular complexity index is 160. The van der Waals surface area contributed by atoms with Gasteiger partial charge in [-0.2, -0.15) is 0 Å². The number of hydrogen-bond donors (Lipinski definition) is 0. The average molecular weight is 147 g/mol. The fourth-order valence-electron chi connectivity index (χ4n) is 0.709. The SMILES string of the molecule is CC1C=CC(Cl)=CC1F. The molecule has 0 radical (unpaired) electrons. The van der Waals surface area contributed by atoms with Gasteiger partial charge in [-0.05, 0) is 12.2 Å². The lowest BCUT2D eigenvalue weighted by molar-refractivity contribution is 0.333. The second-order valence-electron chi connectivity index (χ2n) is 2.21. The van der Waals surface area contributed by atoms with Gasteiger partial charge in [-0.15, -0.1) is 0 Å². The van der Waals surface area contributed by atoms with Gasteiger partial charge in [-0.25, -0.2) is 4.39 Å². The number of rotatable bonds is 0. The van der Waals surface area contributed by atoms with E-state index in [-0.39, 0.29) is 5.92 Å². The predicted octanol–water partition coefficient (Wildman–Crippen LogP) is 2.65. The molecule has 1 aliphatic carbocycles. The first kappa shape index (κ1) is 6.81. The van der Waals surface area contributed by atoms with Crippen LogP contribution in [0.2, 0.25) is 0 Å². The van der Waals surface area contributed by atoms with Crippen molar-refractivity contribution in [3.8, 4) is 0 Å². The molecule has 9 heavy (non-hydrogen) atoms. The summed E-state index contributed by atoms with van der Waals surface area (Å²) < 4.78 is 12.6. The fourth-order valence-corrected chi connectivity index (χ4v) is 0.902.